The molecule has 0 aliphatic carbocycles. The van der Waals surface area contributed by atoms with Gasteiger partial charge in [0.15, 0.2) is 0 Å². The van der Waals surface area contributed by atoms with Crippen LogP contribution in [-0.2, 0) is 13.1 Å². The Kier molecular flexibility index (Phi) is 3.75. The molecule has 0 atom stereocenters. The van der Waals surface area contributed by atoms with E-state index in [0.717, 1.165) is 24.5 Å². The van der Waals surface area contributed by atoms with Crippen molar-refractivity contribution in [1.82, 2.24) is 14.8 Å². The van der Waals surface area contributed by atoms with Crippen LogP contribution in [0.3, 0.4) is 0 Å². The van der Waals surface area contributed by atoms with Gasteiger partial charge in [0.1, 0.15) is 12.2 Å². The summed E-state index contributed by atoms with van der Waals surface area (Å²) in [5.41, 5.74) is 2.38. The smallest absolute Gasteiger partial charge is 0.146 e. The van der Waals surface area contributed by atoms with Gasteiger partial charge in [-0.25, -0.2) is 9.67 Å². The van der Waals surface area contributed by atoms with Crippen LogP contribution in [0, 0.1) is 6.92 Å². The SMILES string of the molecule is CCCn1ncnc1CNc1cccc(C)c1. The van der Waals surface area contributed by atoms with Gasteiger partial charge in [-0.3, -0.25) is 0 Å². The lowest BCUT2D eigenvalue weighted by Crippen LogP contribution is -2.10. The molecular formula is C13H18N4. The van der Waals surface area contributed by atoms with E-state index < -0.39 is 0 Å². The Hall–Kier alpha value is -1.84. The second-order valence-electron chi connectivity index (χ2n) is 4.12. The van der Waals surface area contributed by atoms with Gasteiger partial charge in [-0.1, -0.05) is 19.1 Å². The normalized spacial score (nSPS) is 10.5. The van der Waals surface area contributed by atoms with Gasteiger partial charge >= 0.3 is 0 Å². The molecule has 1 N–H and O–H groups in total. The third-order valence-electron chi connectivity index (χ3n) is 2.60. The molecule has 17 heavy (non-hydrogen) atoms. The molecule has 1 aromatic heterocycles. The molecule has 2 aromatic rings. The van der Waals surface area contributed by atoms with Gasteiger partial charge in [0.2, 0.25) is 0 Å². The van der Waals surface area contributed by atoms with Crippen LogP contribution in [0.25, 0.3) is 0 Å². The maximum Gasteiger partial charge on any atom is 0.146 e. The highest BCUT2D eigenvalue weighted by Gasteiger charge is 2.02. The van der Waals surface area contributed by atoms with Gasteiger partial charge in [-0.2, -0.15) is 5.10 Å². The van der Waals surface area contributed by atoms with E-state index in [0.29, 0.717) is 6.54 Å². The highest BCUT2D eigenvalue weighted by atomic mass is 15.3. The number of hydrogen-bond acceptors (Lipinski definition) is 3. The van der Waals surface area contributed by atoms with E-state index in [-0.39, 0.29) is 0 Å². The average molecular weight is 230 g/mol. The quantitative estimate of drug-likeness (QED) is 0.858. The lowest BCUT2D eigenvalue weighted by atomic mass is 10.2. The Morgan fingerprint density at radius 3 is 3.00 bits per heavy atom. The van der Waals surface area contributed by atoms with E-state index >= 15 is 0 Å². The van der Waals surface area contributed by atoms with Crippen LogP contribution in [0.15, 0.2) is 30.6 Å². The third-order valence-corrected chi connectivity index (χ3v) is 2.60. The van der Waals surface area contributed by atoms with Crippen LogP contribution in [0.5, 0.6) is 0 Å². The molecule has 0 aliphatic heterocycles. The van der Waals surface area contributed by atoms with E-state index in [1.54, 1.807) is 6.33 Å². The van der Waals surface area contributed by atoms with Gasteiger partial charge in [-0.15, -0.1) is 0 Å². The van der Waals surface area contributed by atoms with Crippen molar-refractivity contribution in [3.8, 4) is 0 Å². The lowest BCUT2D eigenvalue weighted by Gasteiger charge is -2.08. The fraction of sp³-hybridized carbons (Fsp3) is 0.385. The van der Waals surface area contributed by atoms with Crippen molar-refractivity contribution in [2.45, 2.75) is 33.4 Å². The maximum atomic E-state index is 4.26. The molecular weight excluding hydrogens is 212 g/mol. The molecule has 0 saturated heterocycles. The third kappa shape index (κ3) is 3.06. The van der Waals surface area contributed by atoms with Gasteiger partial charge in [0, 0.05) is 12.2 Å². The van der Waals surface area contributed by atoms with Gasteiger partial charge < -0.3 is 5.32 Å². The first-order chi connectivity index (χ1) is 8.29. The number of aromatic nitrogens is 3. The van der Waals surface area contributed by atoms with Crippen molar-refractivity contribution in [3.63, 3.8) is 0 Å². The summed E-state index contributed by atoms with van der Waals surface area (Å²) in [5, 5.41) is 7.56. The number of benzene rings is 1. The molecule has 0 amide bonds. The first-order valence-electron chi connectivity index (χ1n) is 5.97. The number of anilines is 1. The molecule has 0 saturated carbocycles. The Balaban J connectivity index is 1.99. The molecule has 4 heteroatoms. The van der Waals surface area contributed by atoms with Crippen LogP contribution in [0.2, 0.25) is 0 Å². The predicted molar refractivity (Wildman–Crippen MR) is 68.8 cm³/mol. The summed E-state index contributed by atoms with van der Waals surface area (Å²) in [6, 6.07) is 8.33. The Labute approximate surface area is 102 Å². The van der Waals surface area contributed by atoms with E-state index in [1.165, 1.54) is 5.56 Å². The minimum absolute atomic E-state index is 0.712. The van der Waals surface area contributed by atoms with Crippen LogP contribution in [0.4, 0.5) is 5.69 Å². The summed E-state index contributed by atoms with van der Waals surface area (Å²) >= 11 is 0. The van der Waals surface area contributed by atoms with E-state index in [2.05, 4.69) is 53.5 Å². The van der Waals surface area contributed by atoms with E-state index in [9.17, 15) is 0 Å². The standard InChI is InChI=1S/C13H18N4/c1-3-7-17-13(15-10-16-17)9-14-12-6-4-5-11(2)8-12/h4-6,8,10,14H,3,7,9H2,1-2H3. The van der Waals surface area contributed by atoms with Crippen molar-refractivity contribution in [3.05, 3.63) is 42.0 Å². The number of aryl methyl sites for hydroxylation is 2. The number of nitrogens with one attached hydrogen (secondary N) is 1. The van der Waals surface area contributed by atoms with Crippen molar-refractivity contribution in [1.29, 1.82) is 0 Å². The summed E-state index contributed by atoms with van der Waals surface area (Å²) in [7, 11) is 0. The van der Waals surface area contributed by atoms with Crippen molar-refractivity contribution in [2.24, 2.45) is 0 Å². The van der Waals surface area contributed by atoms with Crippen molar-refractivity contribution < 1.29 is 0 Å². The molecule has 0 fully saturated rings. The summed E-state index contributed by atoms with van der Waals surface area (Å²) in [4.78, 5) is 4.26. The highest BCUT2D eigenvalue weighted by Crippen LogP contribution is 2.10. The minimum atomic E-state index is 0.712. The second kappa shape index (κ2) is 5.48. The van der Waals surface area contributed by atoms with Gasteiger partial charge in [0.25, 0.3) is 0 Å². The van der Waals surface area contributed by atoms with Crippen LogP contribution in [-0.4, -0.2) is 14.8 Å². The fourth-order valence-corrected chi connectivity index (χ4v) is 1.76. The van der Waals surface area contributed by atoms with Crippen LogP contribution >= 0.6 is 0 Å². The van der Waals surface area contributed by atoms with E-state index in [4.69, 9.17) is 0 Å². The largest absolute Gasteiger partial charge is 0.378 e. The van der Waals surface area contributed by atoms with Crippen LogP contribution < -0.4 is 5.32 Å². The molecule has 0 spiro atoms. The average Bonchev–Trinajstić information content (AvgIpc) is 2.75. The number of nitrogens with zero attached hydrogens (tertiary/aromatic N) is 3. The van der Waals surface area contributed by atoms with Crippen molar-refractivity contribution in [2.75, 3.05) is 5.32 Å². The first-order valence-corrected chi connectivity index (χ1v) is 5.97. The molecule has 90 valence electrons. The highest BCUT2D eigenvalue weighted by molar-refractivity contribution is 5.45. The minimum Gasteiger partial charge on any atom is -0.378 e. The Morgan fingerprint density at radius 1 is 1.35 bits per heavy atom. The molecule has 0 radical (unpaired) electrons. The zero-order valence-corrected chi connectivity index (χ0v) is 10.3. The van der Waals surface area contributed by atoms with Gasteiger partial charge in [0.05, 0.1) is 6.54 Å². The fourth-order valence-electron chi connectivity index (χ4n) is 1.76. The summed E-state index contributed by atoms with van der Waals surface area (Å²) < 4.78 is 1.95. The zero-order chi connectivity index (χ0) is 12.1. The molecule has 1 aromatic carbocycles. The molecule has 0 bridgehead atoms. The van der Waals surface area contributed by atoms with Gasteiger partial charge in [-0.05, 0) is 31.0 Å². The van der Waals surface area contributed by atoms with E-state index in [1.807, 2.05) is 4.68 Å². The Bertz CT molecular complexity index is 476. The topological polar surface area (TPSA) is 42.7 Å². The Morgan fingerprint density at radius 2 is 2.24 bits per heavy atom. The first kappa shape index (κ1) is 11.6. The molecule has 0 aliphatic rings. The lowest BCUT2D eigenvalue weighted by molar-refractivity contribution is 0.574. The summed E-state index contributed by atoms with van der Waals surface area (Å²) in [5.74, 6) is 0.980. The molecule has 1 heterocycles. The van der Waals surface area contributed by atoms with Crippen molar-refractivity contribution >= 4 is 5.69 Å². The molecule has 2 rings (SSSR count). The predicted octanol–water partition coefficient (Wildman–Crippen LogP) is 2.61. The monoisotopic (exact) mass is 230 g/mol. The molecule has 4 nitrogen and oxygen atoms in total. The van der Waals surface area contributed by atoms with Crippen LogP contribution in [0.1, 0.15) is 24.7 Å². The summed E-state index contributed by atoms with van der Waals surface area (Å²) in [6.07, 6.45) is 2.68. The zero-order valence-electron chi connectivity index (χ0n) is 10.3. The number of rotatable bonds is 5. The maximum absolute atomic E-state index is 4.26. The number of hydrogen-bond donors (Lipinski definition) is 1. The summed E-state index contributed by atoms with van der Waals surface area (Å²) in [6.45, 7) is 5.86. The second-order valence-corrected chi connectivity index (χ2v) is 4.12. The molecule has 0 unspecified atom stereocenters.